The number of rotatable bonds is 10. The van der Waals surface area contributed by atoms with Gasteiger partial charge >= 0.3 is 0 Å². The van der Waals surface area contributed by atoms with Crippen molar-refractivity contribution in [3.05, 3.63) is 70.4 Å². The number of aryl methyl sites for hydroxylation is 2. The molecule has 2 aromatic carbocycles. The molecule has 0 radical (unpaired) electrons. The molecule has 0 saturated carbocycles. The van der Waals surface area contributed by atoms with Crippen molar-refractivity contribution < 1.29 is 9.59 Å². The fourth-order valence-electron chi connectivity index (χ4n) is 3.42. The van der Waals surface area contributed by atoms with Gasteiger partial charge in [0, 0.05) is 45.2 Å². The van der Waals surface area contributed by atoms with Crippen LogP contribution in [0.25, 0.3) is 22.5 Å². The van der Waals surface area contributed by atoms with Gasteiger partial charge in [0.2, 0.25) is 11.8 Å². The molecule has 0 saturated heterocycles. The maximum Gasteiger partial charge on any atom is 0.226 e. The number of hydrogen-bond donors (Lipinski definition) is 2. The van der Waals surface area contributed by atoms with Crippen molar-refractivity contribution in [1.82, 2.24) is 9.97 Å². The van der Waals surface area contributed by atoms with Gasteiger partial charge in [-0.3, -0.25) is 9.59 Å². The molecule has 0 fully saturated rings. The van der Waals surface area contributed by atoms with Gasteiger partial charge < -0.3 is 10.6 Å². The van der Waals surface area contributed by atoms with Crippen LogP contribution in [0.5, 0.6) is 0 Å². The van der Waals surface area contributed by atoms with Crippen molar-refractivity contribution in [1.29, 1.82) is 0 Å². The van der Waals surface area contributed by atoms with Gasteiger partial charge in [0.1, 0.15) is 0 Å². The van der Waals surface area contributed by atoms with E-state index >= 15 is 0 Å². The summed E-state index contributed by atoms with van der Waals surface area (Å²) < 4.78 is 0. The van der Waals surface area contributed by atoms with Crippen molar-refractivity contribution in [2.75, 3.05) is 22.1 Å². The second-order valence-electron chi connectivity index (χ2n) is 7.79. The minimum absolute atomic E-state index is 0.0676. The monoisotopic (exact) mass is 522 g/mol. The minimum atomic E-state index is -0.0676. The molecule has 0 aliphatic carbocycles. The zero-order chi connectivity index (χ0) is 24.6. The quantitative estimate of drug-likeness (QED) is 0.228. The summed E-state index contributed by atoms with van der Waals surface area (Å²) >= 11 is 4.54. The van der Waals surface area contributed by atoms with E-state index < -0.39 is 0 Å². The van der Waals surface area contributed by atoms with Gasteiger partial charge in [-0.2, -0.15) is 11.8 Å². The number of anilines is 2. The number of carbonyl (C=O) groups is 2. The van der Waals surface area contributed by atoms with E-state index in [9.17, 15) is 9.59 Å². The SMILES string of the molecule is Cc1sc(NC(=O)CCSCCC(=O)Nc2nc(-c3ccccc3)c(C)s2)nc1-c1ccccc1. The lowest BCUT2D eigenvalue weighted by atomic mass is 10.1. The van der Waals surface area contributed by atoms with E-state index in [0.29, 0.717) is 34.6 Å². The predicted molar refractivity (Wildman–Crippen MR) is 148 cm³/mol. The number of thiazole rings is 2. The highest BCUT2D eigenvalue weighted by molar-refractivity contribution is 7.99. The average molecular weight is 523 g/mol. The molecule has 0 aliphatic heterocycles. The van der Waals surface area contributed by atoms with Crippen LogP contribution in [-0.4, -0.2) is 33.3 Å². The van der Waals surface area contributed by atoms with Crippen LogP contribution in [0.2, 0.25) is 0 Å². The van der Waals surface area contributed by atoms with Gasteiger partial charge in [-0.15, -0.1) is 22.7 Å². The van der Waals surface area contributed by atoms with Crippen LogP contribution >= 0.6 is 34.4 Å². The summed E-state index contributed by atoms with van der Waals surface area (Å²) in [5, 5.41) is 7.02. The molecule has 0 bridgehead atoms. The first-order valence-electron chi connectivity index (χ1n) is 11.2. The van der Waals surface area contributed by atoms with Crippen LogP contribution in [0, 0.1) is 13.8 Å². The molecular weight excluding hydrogens is 497 g/mol. The molecule has 0 unspecified atom stereocenters. The molecule has 35 heavy (non-hydrogen) atoms. The third kappa shape index (κ3) is 7.00. The molecule has 2 heterocycles. The fraction of sp³-hybridized carbons (Fsp3) is 0.231. The maximum absolute atomic E-state index is 12.3. The highest BCUT2D eigenvalue weighted by Gasteiger charge is 2.13. The number of nitrogens with zero attached hydrogens (tertiary/aromatic N) is 2. The highest BCUT2D eigenvalue weighted by atomic mass is 32.2. The average Bonchev–Trinajstić information content (AvgIpc) is 3.41. The lowest BCUT2D eigenvalue weighted by Crippen LogP contribution is -2.13. The first kappa shape index (κ1) is 25.1. The predicted octanol–water partition coefficient (Wildman–Crippen LogP) is 6.64. The summed E-state index contributed by atoms with van der Waals surface area (Å²) in [6, 6.07) is 19.9. The molecule has 4 rings (SSSR count). The number of benzene rings is 2. The minimum Gasteiger partial charge on any atom is -0.302 e. The molecule has 0 atom stereocenters. The van der Waals surface area contributed by atoms with E-state index in [0.717, 1.165) is 32.3 Å². The van der Waals surface area contributed by atoms with E-state index in [1.54, 1.807) is 11.8 Å². The first-order valence-corrected chi connectivity index (χ1v) is 14.0. The third-order valence-electron chi connectivity index (χ3n) is 5.13. The summed E-state index contributed by atoms with van der Waals surface area (Å²) in [6.07, 6.45) is 0.745. The Labute approximate surface area is 217 Å². The highest BCUT2D eigenvalue weighted by Crippen LogP contribution is 2.31. The van der Waals surface area contributed by atoms with Gasteiger partial charge in [0.25, 0.3) is 0 Å². The van der Waals surface area contributed by atoms with Crippen LogP contribution in [0.1, 0.15) is 22.6 Å². The van der Waals surface area contributed by atoms with E-state index in [-0.39, 0.29) is 11.8 Å². The Balaban J connectivity index is 1.16. The van der Waals surface area contributed by atoms with Crippen LogP contribution in [0.4, 0.5) is 10.3 Å². The van der Waals surface area contributed by atoms with Gasteiger partial charge in [-0.05, 0) is 13.8 Å². The zero-order valence-electron chi connectivity index (χ0n) is 19.5. The lowest BCUT2D eigenvalue weighted by molar-refractivity contribution is -0.116. The second-order valence-corrected chi connectivity index (χ2v) is 11.4. The van der Waals surface area contributed by atoms with E-state index in [1.807, 2.05) is 74.5 Å². The Morgan fingerprint density at radius 1 is 0.714 bits per heavy atom. The number of carbonyl (C=O) groups excluding carboxylic acids is 2. The number of nitrogens with one attached hydrogen (secondary N) is 2. The number of aromatic nitrogens is 2. The molecule has 6 nitrogen and oxygen atoms in total. The smallest absolute Gasteiger partial charge is 0.226 e. The van der Waals surface area contributed by atoms with Crippen LogP contribution in [-0.2, 0) is 9.59 Å². The standard InChI is InChI=1S/C26H26N4O2S3/c1-17-23(19-9-5-3-6-10-19)29-25(34-17)27-21(31)13-15-33-16-14-22(32)28-26-30-24(18(2)35-26)20-11-7-4-8-12-20/h3-12H,13-16H2,1-2H3,(H,27,29,31)(H,28,30,32). The molecule has 0 aliphatic rings. The van der Waals surface area contributed by atoms with Crippen molar-refractivity contribution in [3.8, 4) is 22.5 Å². The van der Waals surface area contributed by atoms with E-state index in [1.165, 1.54) is 22.7 Å². The van der Waals surface area contributed by atoms with Crippen LogP contribution in [0.3, 0.4) is 0 Å². The van der Waals surface area contributed by atoms with Gasteiger partial charge in [-0.25, -0.2) is 9.97 Å². The molecule has 9 heteroatoms. The molecule has 0 spiro atoms. The number of hydrogen-bond acceptors (Lipinski definition) is 7. The lowest BCUT2D eigenvalue weighted by Gasteiger charge is -2.03. The molecule has 2 aromatic heterocycles. The van der Waals surface area contributed by atoms with E-state index in [2.05, 4.69) is 20.6 Å². The van der Waals surface area contributed by atoms with Crippen molar-refractivity contribution in [2.24, 2.45) is 0 Å². The second kappa shape index (κ2) is 12.1. The number of thioether (sulfide) groups is 1. The molecular formula is C26H26N4O2S3. The van der Waals surface area contributed by atoms with Crippen molar-refractivity contribution in [2.45, 2.75) is 26.7 Å². The Morgan fingerprint density at radius 3 is 1.51 bits per heavy atom. The fourth-order valence-corrected chi connectivity index (χ4v) is 5.99. The Hall–Kier alpha value is -3.01. The Morgan fingerprint density at radius 2 is 1.11 bits per heavy atom. The van der Waals surface area contributed by atoms with Gasteiger partial charge in [-0.1, -0.05) is 60.7 Å². The van der Waals surface area contributed by atoms with Gasteiger partial charge in [0.05, 0.1) is 11.4 Å². The largest absolute Gasteiger partial charge is 0.302 e. The van der Waals surface area contributed by atoms with Gasteiger partial charge in [0.15, 0.2) is 10.3 Å². The van der Waals surface area contributed by atoms with Crippen molar-refractivity contribution in [3.63, 3.8) is 0 Å². The topological polar surface area (TPSA) is 84.0 Å². The summed E-state index contributed by atoms with van der Waals surface area (Å²) in [7, 11) is 0. The normalized spacial score (nSPS) is 10.8. The summed E-state index contributed by atoms with van der Waals surface area (Å²) in [4.78, 5) is 35.9. The van der Waals surface area contributed by atoms with Crippen molar-refractivity contribution >= 4 is 56.5 Å². The first-order chi connectivity index (χ1) is 17.0. The Bertz CT molecular complexity index is 1190. The summed E-state index contributed by atoms with van der Waals surface area (Å²) in [6.45, 7) is 4.01. The summed E-state index contributed by atoms with van der Waals surface area (Å²) in [5.74, 6) is 1.15. The molecule has 2 N–H and O–H groups in total. The number of amides is 2. The zero-order valence-corrected chi connectivity index (χ0v) is 22.0. The third-order valence-corrected chi connectivity index (χ3v) is 7.89. The molecule has 2 amide bonds. The van der Waals surface area contributed by atoms with Crippen LogP contribution < -0.4 is 10.6 Å². The summed E-state index contributed by atoms with van der Waals surface area (Å²) in [5.41, 5.74) is 3.88. The molecule has 4 aromatic rings. The maximum atomic E-state index is 12.3. The Kier molecular flexibility index (Phi) is 8.68. The van der Waals surface area contributed by atoms with E-state index in [4.69, 9.17) is 0 Å². The van der Waals surface area contributed by atoms with Crippen LogP contribution in [0.15, 0.2) is 60.7 Å². The molecule has 180 valence electrons.